The first-order valence-electron chi connectivity index (χ1n) is 8.38. The molecule has 1 saturated carbocycles. The SMILES string of the molecule is CNC(=O)CCc1ccc2c(C3CC3)cc(-c3ncc[nH]3)nc2c1. The van der Waals surface area contributed by atoms with Crippen LogP contribution in [0.5, 0.6) is 0 Å². The van der Waals surface area contributed by atoms with E-state index < -0.39 is 0 Å². The largest absolute Gasteiger partial charge is 0.359 e. The second-order valence-electron chi connectivity index (χ2n) is 6.33. The number of benzene rings is 1. The van der Waals surface area contributed by atoms with E-state index in [1.165, 1.54) is 23.8 Å². The molecule has 0 bridgehead atoms. The number of aromatic amines is 1. The highest BCUT2D eigenvalue weighted by molar-refractivity contribution is 5.86. The van der Waals surface area contributed by atoms with Crippen LogP contribution in [0.4, 0.5) is 0 Å². The summed E-state index contributed by atoms with van der Waals surface area (Å²) >= 11 is 0. The molecule has 122 valence electrons. The van der Waals surface area contributed by atoms with Gasteiger partial charge in [0, 0.05) is 31.2 Å². The summed E-state index contributed by atoms with van der Waals surface area (Å²) in [6, 6.07) is 8.55. The molecule has 0 spiro atoms. The first-order valence-corrected chi connectivity index (χ1v) is 8.38. The summed E-state index contributed by atoms with van der Waals surface area (Å²) < 4.78 is 0. The van der Waals surface area contributed by atoms with Crippen LogP contribution < -0.4 is 5.32 Å². The van der Waals surface area contributed by atoms with Gasteiger partial charge in [-0.05, 0) is 48.4 Å². The molecule has 2 heterocycles. The lowest BCUT2D eigenvalue weighted by Crippen LogP contribution is -2.17. The van der Waals surface area contributed by atoms with Gasteiger partial charge in [-0.3, -0.25) is 4.79 Å². The van der Waals surface area contributed by atoms with Crippen LogP contribution in [-0.4, -0.2) is 27.9 Å². The Bertz CT molecular complexity index is 882. The van der Waals surface area contributed by atoms with Crippen LogP contribution in [0.2, 0.25) is 0 Å². The average molecular weight is 320 g/mol. The second kappa shape index (κ2) is 6.07. The van der Waals surface area contributed by atoms with E-state index in [0.29, 0.717) is 12.3 Å². The third-order valence-corrected chi connectivity index (χ3v) is 4.58. The van der Waals surface area contributed by atoms with Gasteiger partial charge in [-0.1, -0.05) is 12.1 Å². The van der Waals surface area contributed by atoms with Crippen molar-refractivity contribution in [3.63, 3.8) is 0 Å². The van der Waals surface area contributed by atoms with Crippen LogP contribution in [0.1, 0.15) is 36.3 Å². The summed E-state index contributed by atoms with van der Waals surface area (Å²) in [5.41, 5.74) is 4.37. The molecule has 4 rings (SSSR count). The summed E-state index contributed by atoms with van der Waals surface area (Å²) in [6.07, 6.45) is 7.27. The van der Waals surface area contributed by atoms with E-state index in [9.17, 15) is 4.79 Å². The van der Waals surface area contributed by atoms with Crippen molar-refractivity contribution in [3.05, 3.63) is 47.8 Å². The number of hydrogen-bond donors (Lipinski definition) is 2. The number of nitrogens with one attached hydrogen (secondary N) is 2. The van der Waals surface area contributed by atoms with Gasteiger partial charge in [-0.25, -0.2) is 9.97 Å². The molecular weight excluding hydrogens is 300 g/mol. The maximum atomic E-state index is 11.5. The van der Waals surface area contributed by atoms with Gasteiger partial charge in [-0.15, -0.1) is 0 Å². The average Bonchev–Trinajstić information content (AvgIpc) is 3.31. The minimum atomic E-state index is 0.0612. The first kappa shape index (κ1) is 14.9. The molecule has 0 radical (unpaired) electrons. The molecule has 0 atom stereocenters. The number of carbonyl (C=O) groups is 1. The van der Waals surface area contributed by atoms with Crippen molar-refractivity contribution < 1.29 is 4.79 Å². The zero-order chi connectivity index (χ0) is 16.5. The topological polar surface area (TPSA) is 70.7 Å². The molecule has 5 nitrogen and oxygen atoms in total. The number of pyridine rings is 1. The number of carbonyl (C=O) groups excluding carboxylic acids is 1. The monoisotopic (exact) mass is 320 g/mol. The van der Waals surface area contributed by atoms with Crippen LogP contribution in [0, 0.1) is 0 Å². The predicted octanol–water partition coefficient (Wildman–Crippen LogP) is 3.18. The van der Waals surface area contributed by atoms with Gasteiger partial charge < -0.3 is 10.3 Å². The number of rotatable bonds is 5. The summed E-state index contributed by atoms with van der Waals surface area (Å²) in [5, 5.41) is 3.88. The van der Waals surface area contributed by atoms with Crippen LogP contribution in [0.25, 0.3) is 22.4 Å². The van der Waals surface area contributed by atoms with E-state index in [0.717, 1.165) is 29.0 Å². The van der Waals surface area contributed by atoms with Crippen molar-refractivity contribution >= 4 is 16.8 Å². The van der Waals surface area contributed by atoms with Crippen molar-refractivity contribution in [2.75, 3.05) is 7.05 Å². The molecule has 1 aromatic carbocycles. The highest BCUT2D eigenvalue weighted by Crippen LogP contribution is 2.43. The Kier molecular flexibility index (Phi) is 3.76. The highest BCUT2D eigenvalue weighted by atomic mass is 16.1. The van der Waals surface area contributed by atoms with E-state index in [4.69, 9.17) is 4.98 Å². The fourth-order valence-corrected chi connectivity index (χ4v) is 3.10. The number of H-pyrrole nitrogens is 1. The molecule has 24 heavy (non-hydrogen) atoms. The number of hydrogen-bond acceptors (Lipinski definition) is 3. The fraction of sp³-hybridized carbons (Fsp3) is 0.316. The zero-order valence-electron chi connectivity index (χ0n) is 13.7. The van der Waals surface area contributed by atoms with Crippen molar-refractivity contribution in [2.45, 2.75) is 31.6 Å². The summed E-state index contributed by atoms with van der Waals surface area (Å²) in [4.78, 5) is 23.7. The Morgan fingerprint density at radius 2 is 2.21 bits per heavy atom. The molecule has 0 saturated heterocycles. The van der Waals surface area contributed by atoms with E-state index in [2.05, 4.69) is 39.6 Å². The van der Waals surface area contributed by atoms with E-state index in [1.54, 1.807) is 13.2 Å². The number of imidazole rings is 1. The Balaban J connectivity index is 1.75. The highest BCUT2D eigenvalue weighted by Gasteiger charge is 2.26. The third-order valence-electron chi connectivity index (χ3n) is 4.58. The molecule has 1 aliphatic carbocycles. The first-order chi connectivity index (χ1) is 11.7. The lowest BCUT2D eigenvalue weighted by Gasteiger charge is -2.10. The minimum Gasteiger partial charge on any atom is -0.359 e. The molecule has 5 heteroatoms. The Morgan fingerprint density at radius 1 is 1.33 bits per heavy atom. The molecule has 0 unspecified atom stereocenters. The standard InChI is InChI=1S/C19H20N4O/c1-20-18(24)7-3-12-2-6-14-15(13-4-5-13)11-17(23-16(14)10-12)19-21-8-9-22-19/h2,6,8-11,13H,3-5,7H2,1H3,(H,20,24)(H,21,22). The molecule has 1 amide bonds. The second-order valence-corrected chi connectivity index (χ2v) is 6.33. The van der Waals surface area contributed by atoms with Crippen LogP contribution in [0.15, 0.2) is 36.7 Å². The Morgan fingerprint density at radius 3 is 2.92 bits per heavy atom. The molecule has 0 aliphatic heterocycles. The van der Waals surface area contributed by atoms with E-state index in [1.807, 2.05) is 6.20 Å². The summed E-state index contributed by atoms with van der Waals surface area (Å²) in [6.45, 7) is 0. The zero-order valence-corrected chi connectivity index (χ0v) is 13.7. The molecule has 1 aliphatic rings. The van der Waals surface area contributed by atoms with Crippen molar-refractivity contribution in [1.29, 1.82) is 0 Å². The van der Waals surface area contributed by atoms with E-state index >= 15 is 0 Å². The predicted molar refractivity (Wildman–Crippen MR) is 93.7 cm³/mol. The Hall–Kier alpha value is -2.69. The fourth-order valence-electron chi connectivity index (χ4n) is 3.10. The van der Waals surface area contributed by atoms with Gasteiger partial charge in [0.1, 0.15) is 5.69 Å². The van der Waals surface area contributed by atoms with Gasteiger partial charge >= 0.3 is 0 Å². The van der Waals surface area contributed by atoms with Gasteiger partial charge in [0.25, 0.3) is 0 Å². The third kappa shape index (κ3) is 2.89. The molecule has 1 fully saturated rings. The van der Waals surface area contributed by atoms with Crippen LogP contribution in [-0.2, 0) is 11.2 Å². The molecule has 2 N–H and O–H groups in total. The van der Waals surface area contributed by atoms with Gasteiger partial charge in [0.15, 0.2) is 5.82 Å². The smallest absolute Gasteiger partial charge is 0.220 e. The lowest BCUT2D eigenvalue weighted by atomic mass is 10.00. The van der Waals surface area contributed by atoms with E-state index in [-0.39, 0.29) is 5.91 Å². The molecular formula is C19H20N4O. The maximum absolute atomic E-state index is 11.5. The number of aryl methyl sites for hydroxylation is 1. The molecule has 3 aromatic rings. The van der Waals surface area contributed by atoms with Crippen molar-refractivity contribution in [3.8, 4) is 11.5 Å². The number of amides is 1. The Labute approximate surface area is 140 Å². The van der Waals surface area contributed by atoms with Crippen molar-refractivity contribution in [2.24, 2.45) is 0 Å². The van der Waals surface area contributed by atoms with Gasteiger partial charge in [0.2, 0.25) is 5.91 Å². The normalized spacial score (nSPS) is 14.0. The minimum absolute atomic E-state index is 0.0612. The summed E-state index contributed by atoms with van der Waals surface area (Å²) in [7, 11) is 1.67. The van der Waals surface area contributed by atoms with Gasteiger partial charge in [0.05, 0.1) is 5.52 Å². The number of aromatic nitrogens is 3. The quantitative estimate of drug-likeness (QED) is 0.758. The van der Waals surface area contributed by atoms with Crippen LogP contribution >= 0.6 is 0 Å². The maximum Gasteiger partial charge on any atom is 0.220 e. The lowest BCUT2D eigenvalue weighted by molar-refractivity contribution is -0.120. The number of nitrogens with zero attached hydrogens (tertiary/aromatic N) is 2. The number of fused-ring (bicyclic) bond motifs is 1. The van der Waals surface area contributed by atoms with Crippen LogP contribution in [0.3, 0.4) is 0 Å². The van der Waals surface area contributed by atoms with Gasteiger partial charge in [-0.2, -0.15) is 0 Å². The molecule has 2 aromatic heterocycles. The van der Waals surface area contributed by atoms with Crippen molar-refractivity contribution in [1.82, 2.24) is 20.3 Å². The summed E-state index contributed by atoms with van der Waals surface area (Å²) in [5.74, 6) is 1.50.